The summed E-state index contributed by atoms with van der Waals surface area (Å²) in [6.07, 6.45) is 2.80. The smallest absolute Gasteiger partial charge is 0.346 e. The fourth-order valence-corrected chi connectivity index (χ4v) is 3.62. The molecule has 1 atom stereocenters. The average Bonchev–Trinajstić information content (AvgIpc) is 3.39. The van der Waals surface area contributed by atoms with Gasteiger partial charge >= 0.3 is 5.97 Å². The molecule has 0 saturated heterocycles. The second-order valence-corrected chi connectivity index (χ2v) is 8.34. The standard InChI is InChI=1S/C24H27FN4O5S/c1-5-33-22(30)24(31,19-7-9-34-29-19)13-27-23(35)28-21-17(14(2)3)11-16(25)12-18(21)15-6-8-26-20(10-15)32-4/h6-12,14,31H,5,13H2,1-4H3,(H2,27,28,35). The van der Waals surface area contributed by atoms with Crippen molar-refractivity contribution in [3.63, 3.8) is 0 Å². The number of anilines is 1. The minimum absolute atomic E-state index is 0.0273. The molecule has 0 aliphatic carbocycles. The molecule has 35 heavy (non-hydrogen) atoms. The number of hydrogen-bond donors (Lipinski definition) is 3. The quantitative estimate of drug-likeness (QED) is 0.295. The van der Waals surface area contributed by atoms with E-state index in [2.05, 4.69) is 20.8 Å². The van der Waals surface area contributed by atoms with Gasteiger partial charge in [-0.05, 0) is 54.4 Å². The van der Waals surface area contributed by atoms with Crippen LogP contribution in [0.1, 0.15) is 37.9 Å². The highest BCUT2D eigenvalue weighted by Crippen LogP contribution is 2.36. The van der Waals surface area contributed by atoms with E-state index >= 15 is 0 Å². The first-order chi connectivity index (χ1) is 16.7. The number of ether oxygens (including phenoxy) is 2. The second kappa shape index (κ2) is 11.2. The van der Waals surface area contributed by atoms with Crippen LogP contribution in [0.5, 0.6) is 5.88 Å². The van der Waals surface area contributed by atoms with Gasteiger partial charge in [0, 0.05) is 23.9 Å². The van der Waals surface area contributed by atoms with Crippen molar-refractivity contribution in [1.82, 2.24) is 15.5 Å². The molecule has 3 aromatic rings. The van der Waals surface area contributed by atoms with Gasteiger partial charge in [0.1, 0.15) is 17.8 Å². The van der Waals surface area contributed by atoms with E-state index in [9.17, 15) is 14.3 Å². The van der Waals surface area contributed by atoms with Gasteiger partial charge in [0.15, 0.2) is 5.11 Å². The number of aliphatic hydroxyl groups is 1. The maximum absolute atomic E-state index is 14.6. The molecule has 0 aliphatic rings. The number of halogens is 1. The molecule has 11 heteroatoms. The van der Waals surface area contributed by atoms with Crippen LogP contribution in [0.25, 0.3) is 11.1 Å². The molecule has 0 saturated carbocycles. The molecular formula is C24H27FN4O5S. The molecular weight excluding hydrogens is 475 g/mol. The van der Waals surface area contributed by atoms with Gasteiger partial charge in [-0.1, -0.05) is 19.0 Å². The Morgan fingerprint density at radius 3 is 2.71 bits per heavy atom. The Kier molecular flexibility index (Phi) is 8.36. The van der Waals surface area contributed by atoms with E-state index in [1.807, 2.05) is 13.8 Å². The minimum Gasteiger partial charge on any atom is -0.481 e. The second-order valence-electron chi connectivity index (χ2n) is 7.93. The first-order valence-electron chi connectivity index (χ1n) is 10.9. The molecule has 0 aliphatic heterocycles. The minimum atomic E-state index is -2.14. The van der Waals surface area contributed by atoms with Crippen molar-refractivity contribution in [3.05, 3.63) is 59.9 Å². The summed E-state index contributed by atoms with van der Waals surface area (Å²) in [6.45, 7) is 5.20. The third-order valence-electron chi connectivity index (χ3n) is 5.23. The summed E-state index contributed by atoms with van der Waals surface area (Å²) in [7, 11) is 1.50. The molecule has 3 N–H and O–H groups in total. The Balaban J connectivity index is 1.92. The van der Waals surface area contributed by atoms with Crippen molar-refractivity contribution in [3.8, 4) is 17.0 Å². The first-order valence-corrected chi connectivity index (χ1v) is 11.3. The number of thiocarbonyl (C=S) groups is 1. The molecule has 9 nitrogen and oxygen atoms in total. The average molecular weight is 503 g/mol. The van der Waals surface area contributed by atoms with Crippen LogP contribution >= 0.6 is 12.2 Å². The van der Waals surface area contributed by atoms with Crippen molar-refractivity contribution < 1.29 is 28.3 Å². The van der Waals surface area contributed by atoms with E-state index < -0.39 is 17.4 Å². The number of aromatic nitrogens is 2. The van der Waals surface area contributed by atoms with Crippen LogP contribution in [-0.4, -0.2) is 46.6 Å². The van der Waals surface area contributed by atoms with Gasteiger partial charge in [-0.25, -0.2) is 14.2 Å². The number of nitrogens with zero attached hydrogens (tertiary/aromatic N) is 2. The monoisotopic (exact) mass is 502 g/mol. The predicted octanol–water partition coefficient (Wildman–Crippen LogP) is 3.75. The number of carbonyl (C=O) groups excluding carboxylic acids is 1. The number of esters is 1. The van der Waals surface area contributed by atoms with Crippen molar-refractivity contribution in [2.24, 2.45) is 0 Å². The normalized spacial score (nSPS) is 12.7. The van der Waals surface area contributed by atoms with Gasteiger partial charge in [-0.3, -0.25) is 0 Å². The molecule has 0 radical (unpaired) electrons. The van der Waals surface area contributed by atoms with Crippen molar-refractivity contribution >= 4 is 29.0 Å². The van der Waals surface area contributed by atoms with Crippen LogP contribution in [-0.2, 0) is 15.1 Å². The predicted molar refractivity (Wildman–Crippen MR) is 132 cm³/mol. The Hall–Kier alpha value is -3.57. The molecule has 1 aromatic carbocycles. The van der Waals surface area contributed by atoms with E-state index in [1.54, 1.807) is 25.3 Å². The lowest BCUT2D eigenvalue weighted by Gasteiger charge is -2.25. The summed E-state index contributed by atoms with van der Waals surface area (Å²) in [5.74, 6) is -0.994. The van der Waals surface area contributed by atoms with Crippen LogP contribution in [0.2, 0.25) is 0 Å². The molecule has 3 rings (SSSR count). The Labute approximate surface area is 207 Å². The van der Waals surface area contributed by atoms with Crippen LogP contribution in [0, 0.1) is 5.82 Å². The lowest BCUT2D eigenvalue weighted by atomic mass is 9.94. The molecule has 2 heterocycles. The molecule has 0 amide bonds. The maximum atomic E-state index is 14.6. The van der Waals surface area contributed by atoms with Crippen LogP contribution in [0.3, 0.4) is 0 Å². The third kappa shape index (κ3) is 5.92. The lowest BCUT2D eigenvalue weighted by Crippen LogP contribution is -2.48. The summed E-state index contributed by atoms with van der Waals surface area (Å²) in [4.78, 5) is 16.6. The van der Waals surface area contributed by atoms with Gasteiger partial charge in [0.05, 0.1) is 25.9 Å². The zero-order chi connectivity index (χ0) is 25.6. The van der Waals surface area contributed by atoms with Gasteiger partial charge in [-0.15, -0.1) is 0 Å². The summed E-state index contributed by atoms with van der Waals surface area (Å²) < 4.78 is 29.6. The number of methoxy groups -OCH3 is 1. The topological polar surface area (TPSA) is 119 Å². The van der Waals surface area contributed by atoms with Gasteiger partial charge in [-0.2, -0.15) is 0 Å². The Morgan fingerprint density at radius 1 is 1.31 bits per heavy atom. The molecule has 0 fully saturated rings. The van der Waals surface area contributed by atoms with E-state index in [1.165, 1.54) is 31.6 Å². The van der Waals surface area contributed by atoms with Crippen molar-refractivity contribution in [2.45, 2.75) is 32.3 Å². The lowest BCUT2D eigenvalue weighted by molar-refractivity contribution is -0.166. The molecule has 0 spiro atoms. The van der Waals surface area contributed by atoms with E-state index in [-0.39, 0.29) is 29.9 Å². The summed E-state index contributed by atoms with van der Waals surface area (Å²) >= 11 is 5.46. The number of hydrogen-bond acceptors (Lipinski definition) is 8. The highest BCUT2D eigenvalue weighted by molar-refractivity contribution is 7.80. The number of pyridine rings is 1. The fraction of sp³-hybridized carbons (Fsp3) is 0.333. The summed E-state index contributed by atoms with van der Waals surface area (Å²) in [5, 5.41) is 20.7. The summed E-state index contributed by atoms with van der Waals surface area (Å²) in [5.41, 5.74) is 0.274. The fourth-order valence-electron chi connectivity index (χ4n) is 3.45. The zero-order valence-electron chi connectivity index (χ0n) is 19.8. The Morgan fingerprint density at radius 2 is 2.09 bits per heavy atom. The molecule has 186 valence electrons. The highest BCUT2D eigenvalue weighted by Gasteiger charge is 2.42. The maximum Gasteiger partial charge on any atom is 0.346 e. The van der Waals surface area contributed by atoms with Gasteiger partial charge < -0.3 is 29.7 Å². The summed E-state index contributed by atoms with van der Waals surface area (Å²) in [6, 6.07) is 7.59. The van der Waals surface area contributed by atoms with Gasteiger partial charge in [0.25, 0.3) is 0 Å². The van der Waals surface area contributed by atoms with E-state index in [0.29, 0.717) is 28.3 Å². The molecule has 1 unspecified atom stereocenters. The largest absolute Gasteiger partial charge is 0.481 e. The van der Waals surface area contributed by atoms with Crippen LogP contribution < -0.4 is 15.4 Å². The highest BCUT2D eigenvalue weighted by atomic mass is 32.1. The van der Waals surface area contributed by atoms with Crippen LogP contribution in [0.4, 0.5) is 10.1 Å². The van der Waals surface area contributed by atoms with E-state index in [0.717, 1.165) is 0 Å². The third-order valence-corrected chi connectivity index (χ3v) is 5.48. The number of nitrogens with one attached hydrogen (secondary N) is 2. The molecule has 0 bridgehead atoms. The zero-order valence-corrected chi connectivity index (χ0v) is 20.6. The van der Waals surface area contributed by atoms with Crippen LogP contribution in [0.15, 0.2) is 47.3 Å². The Bertz CT molecular complexity index is 1190. The van der Waals surface area contributed by atoms with Crippen molar-refractivity contribution in [2.75, 3.05) is 25.6 Å². The molecule has 2 aromatic heterocycles. The number of carbonyl (C=O) groups is 1. The first kappa shape index (κ1) is 26.0. The van der Waals surface area contributed by atoms with Crippen molar-refractivity contribution in [1.29, 1.82) is 0 Å². The van der Waals surface area contributed by atoms with E-state index in [4.69, 9.17) is 26.2 Å². The number of rotatable bonds is 9. The van der Waals surface area contributed by atoms with Gasteiger partial charge in [0.2, 0.25) is 11.5 Å². The number of benzene rings is 1. The SMILES string of the molecule is CCOC(=O)C(O)(CNC(=S)Nc1c(-c2ccnc(OC)c2)cc(F)cc1C(C)C)c1ccon1.